The number of benzene rings is 2. The fourth-order valence-corrected chi connectivity index (χ4v) is 2.28. The molecule has 1 aromatic heterocycles. The third kappa shape index (κ3) is 2.84. The Balaban J connectivity index is 1.70. The van der Waals surface area contributed by atoms with Gasteiger partial charge in [-0.1, -0.05) is 38.1 Å². The number of fused-ring (bicyclic) bond motifs is 1. The molecule has 0 unspecified atom stereocenters. The summed E-state index contributed by atoms with van der Waals surface area (Å²) in [5, 5.41) is 7.79. The molecule has 0 atom stereocenters. The summed E-state index contributed by atoms with van der Waals surface area (Å²) in [6.07, 6.45) is 0. The SMILES string of the molecule is CC(C)c1ccc(COc2ccc3c(N)n[nH]c3c2)cc1. The van der Waals surface area contributed by atoms with Gasteiger partial charge in [-0.05, 0) is 29.2 Å². The van der Waals surface area contributed by atoms with Crippen LogP contribution in [-0.2, 0) is 6.61 Å². The fraction of sp³-hybridized carbons (Fsp3) is 0.235. The van der Waals surface area contributed by atoms with Crippen LogP contribution in [0.4, 0.5) is 5.82 Å². The number of nitrogens with two attached hydrogens (primary N) is 1. The molecule has 0 aliphatic heterocycles. The van der Waals surface area contributed by atoms with Gasteiger partial charge in [0.15, 0.2) is 5.82 Å². The Labute approximate surface area is 123 Å². The number of nitrogens with zero attached hydrogens (tertiary/aromatic N) is 1. The Bertz CT molecular complexity index is 744. The maximum atomic E-state index is 5.82. The molecule has 0 spiro atoms. The van der Waals surface area contributed by atoms with Gasteiger partial charge in [0, 0.05) is 11.5 Å². The highest BCUT2D eigenvalue weighted by Crippen LogP contribution is 2.23. The first-order chi connectivity index (χ1) is 10.1. The van der Waals surface area contributed by atoms with Crippen LogP contribution in [0.5, 0.6) is 5.75 Å². The Hall–Kier alpha value is -2.49. The van der Waals surface area contributed by atoms with E-state index in [1.807, 2.05) is 18.2 Å². The molecule has 3 rings (SSSR count). The summed E-state index contributed by atoms with van der Waals surface area (Å²) < 4.78 is 5.82. The molecule has 21 heavy (non-hydrogen) atoms. The molecule has 0 fully saturated rings. The van der Waals surface area contributed by atoms with Crippen molar-refractivity contribution >= 4 is 16.7 Å². The van der Waals surface area contributed by atoms with Crippen LogP contribution in [0.15, 0.2) is 42.5 Å². The van der Waals surface area contributed by atoms with E-state index >= 15 is 0 Å². The van der Waals surface area contributed by atoms with Gasteiger partial charge in [0.1, 0.15) is 12.4 Å². The van der Waals surface area contributed by atoms with Crippen LogP contribution in [0.1, 0.15) is 30.9 Å². The topological polar surface area (TPSA) is 63.9 Å². The zero-order valence-corrected chi connectivity index (χ0v) is 12.3. The Morgan fingerprint density at radius 1 is 1.14 bits per heavy atom. The third-order valence-electron chi connectivity index (χ3n) is 3.62. The largest absolute Gasteiger partial charge is 0.489 e. The molecule has 2 aromatic carbocycles. The van der Waals surface area contributed by atoms with Crippen LogP contribution in [0, 0.1) is 0 Å². The maximum absolute atomic E-state index is 5.82. The van der Waals surface area contributed by atoms with Gasteiger partial charge in [-0.15, -0.1) is 0 Å². The molecule has 0 aliphatic carbocycles. The number of aromatic nitrogens is 2. The van der Waals surface area contributed by atoms with Gasteiger partial charge < -0.3 is 10.5 Å². The number of nitrogens with one attached hydrogen (secondary N) is 1. The van der Waals surface area contributed by atoms with Gasteiger partial charge in [0.2, 0.25) is 0 Å². The van der Waals surface area contributed by atoms with E-state index in [1.54, 1.807) is 0 Å². The quantitative estimate of drug-likeness (QED) is 0.763. The van der Waals surface area contributed by atoms with Crippen molar-refractivity contribution in [2.75, 3.05) is 5.73 Å². The number of hydrogen-bond acceptors (Lipinski definition) is 3. The van der Waals surface area contributed by atoms with E-state index in [1.165, 1.54) is 5.56 Å². The van der Waals surface area contributed by atoms with Crippen molar-refractivity contribution in [3.8, 4) is 5.75 Å². The molecule has 0 saturated heterocycles. The van der Waals surface area contributed by atoms with Crippen molar-refractivity contribution in [2.45, 2.75) is 26.4 Å². The maximum Gasteiger partial charge on any atom is 0.153 e. The minimum Gasteiger partial charge on any atom is -0.489 e. The number of ether oxygens (including phenoxy) is 1. The Kier molecular flexibility index (Phi) is 3.52. The fourth-order valence-electron chi connectivity index (χ4n) is 2.28. The Morgan fingerprint density at radius 3 is 2.62 bits per heavy atom. The van der Waals surface area contributed by atoms with E-state index in [0.29, 0.717) is 18.3 Å². The second-order valence-corrected chi connectivity index (χ2v) is 5.50. The average Bonchev–Trinajstić information content (AvgIpc) is 2.86. The van der Waals surface area contributed by atoms with Crippen molar-refractivity contribution in [2.24, 2.45) is 0 Å². The van der Waals surface area contributed by atoms with E-state index in [0.717, 1.165) is 22.2 Å². The number of H-pyrrole nitrogens is 1. The van der Waals surface area contributed by atoms with Gasteiger partial charge in [-0.2, -0.15) is 5.10 Å². The van der Waals surface area contributed by atoms with E-state index < -0.39 is 0 Å². The van der Waals surface area contributed by atoms with Crippen molar-refractivity contribution in [3.05, 3.63) is 53.6 Å². The van der Waals surface area contributed by atoms with Gasteiger partial charge in [0.25, 0.3) is 0 Å². The highest BCUT2D eigenvalue weighted by atomic mass is 16.5. The minimum absolute atomic E-state index is 0.515. The molecule has 0 saturated carbocycles. The van der Waals surface area contributed by atoms with Crippen LogP contribution in [-0.4, -0.2) is 10.2 Å². The summed E-state index contributed by atoms with van der Waals surface area (Å²) in [6, 6.07) is 14.3. The van der Waals surface area contributed by atoms with Crippen molar-refractivity contribution in [3.63, 3.8) is 0 Å². The summed E-state index contributed by atoms with van der Waals surface area (Å²) in [7, 11) is 0. The Morgan fingerprint density at radius 2 is 1.90 bits per heavy atom. The molecule has 0 radical (unpaired) electrons. The molecule has 1 heterocycles. The molecule has 0 amide bonds. The normalized spacial score (nSPS) is 11.2. The van der Waals surface area contributed by atoms with Crippen LogP contribution < -0.4 is 10.5 Å². The highest BCUT2D eigenvalue weighted by Gasteiger charge is 2.04. The number of aromatic amines is 1. The molecule has 0 bridgehead atoms. The van der Waals surface area contributed by atoms with Crippen LogP contribution in [0.25, 0.3) is 10.9 Å². The molecule has 3 N–H and O–H groups in total. The molecular formula is C17H19N3O. The summed E-state index contributed by atoms with van der Waals surface area (Å²) in [6.45, 7) is 4.93. The number of hydrogen-bond donors (Lipinski definition) is 2. The second kappa shape index (κ2) is 5.48. The highest BCUT2D eigenvalue weighted by molar-refractivity contribution is 5.89. The smallest absolute Gasteiger partial charge is 0.153 e. The first-order valence-electron chi connectivity index (χ1n) is 7.09. The van der Waals surface area contributed by atoms with Crippen molar-refractivity contribution < 1.29 is 4.74 Å². The first-order valence-corrected chi connectivity index (χ1v) is 7.09. The van der Waals surface area contributed by atoms with E-state index in [4.69, 9.17) is 10.5 Å². The van der Waals surface area contributed by atoms with Gasteiger partial charge >= 0.3 is 0 Å². The standard InChI is InChI=1S/C17H19N3O/c1-11(2)13-5-3-12(4-6-13)10-21-14-7-8-15-16(9-14)19-20-17(15)18/h3-9,11H,10H2,1-2H3,(H3,18,19,20). The summed E-state index contributed by atoms with van der Waals surface area (Å²) in [4.78, 5) is 0. The van der Waals surface area contributed by atoms with Crippen LogP contribution in [0.3, 0.4) is 0 Å². The lowest BCUT2D eigenvalue weighted by Crippen LogP contribution is -1.96. The number of nitrogen functional groups attached to an aromatic ring is 1. The minimum atomic E-state index is 0.515. The molecule has 0 aliphatic rings. The molecule has 108 valence electrons. The summed E-state index contributed by atoms with van der Waals surface area (Å²) >= 11 is 0. The molecule has 4 heteroatoms. The number of anilines is 1. The van der Waals surface area contributed by atoms with Crippen molar-refractivity contribution in [1.82, 2.24) is 10.2 Å². The van der Waals surface area contributed by atoms with E-state index in [-0.39, 0.29) is 0 Å². The molecular weight excluding hydrogens is 262 g/mol. The predicted molar refractivity (Wildman–Crippen MR) is 85.4 cm³/mol. The molecule has 3 aromatic rings. The van der Waals surface area contributed by atoms with Crippen LogP contribution >= 0.6 is 0 Å². The monoisotopic (exact) mass is 281 g/mol. The van der Waals surface area contributed by atoms with Gasteiger partial charge in [0.05, 0.1) is 5.52 Å². The lowest BCUT2D eigenvalue weighted by molar-refractivity contribution is 0.306. The van der Waals surface area contributed by atoms with E-state index in [2.05, 4.69) is 48.3 Å². The summed E-state index contributed by atoms with van der Waals surface area (Å²) in [5.74, 6) is 1.87. The van der Waals surface area contributed by atoms with Gasteiger partial charge in [-0.3, -0.25) is 5.10 Å². The van der Waals surface area contributed by atoms with Gasteiger partial charge in [-0.25, -0.2) is 0 Å². The second-order valence-electron chi connectivity index (χ2n) is 5.50. The molecule has 4 nitrogen and oxygen atoms in total. The lowest BCUT2D eigenvalue weighted by atomic mass is 10.0. The predicted octanol–water partition coefficient (Wildman–Crippen LogP) is 3.85. The first kappa shape index (κ1) is 13.5. The van der Waals surface area contributed by atoms with Crippen molar-refractivity contribution in [1.29, 1.82) is 0 Å². The zero-order valence-electron chi connectivity index (χ0n) is 12.3. The third-order valence-corrected chi connectivity index (χ3v) is 3.62. The number of rotatable bonds is 4. The lowest BCUT2D eigenvalue weighted by Gasteiger charge is -2.09. The van der Waals surface area contributed by atoms with Crippen LogP contribution in [0.2, 0.25) is 0 Å². The zero-order chi connectivity index (χ0) is 14.8. The summed E-state index contributed by atoms with van der Waals surface area (Å²) in [5.41, 5.74) is 9.13. The van der Waals surface area contributed by atoms with E-state index in [9.17, 15) is 0 Å². The average molecular weight is 281 g/mol.